The lowest BCUT2D eigenvalue weighted by molar-refractivity contribution is 0.0685. The Morgan fingerprint density at radius 2 is 2.18 bits per heavy atom. The number of nitrogens with two attached hydrogens (primary N) is 1. The van der Waals surface area contributed by atoms with Crippen molar-refractivity contribution in [3.8, 4) is 0 Å². The Kier molecular flexibility index (Phi) is 3.79. The maximum Gasteiger partial charge on any atom is 0.114 e. The highest BCUT2D eigenvalue weighted by Gasteiger charge is 2.13. The summed E-state index contributed by atoms with van der Waals surface area (Å²) in [6, 6.07) is 0. The zero-order chi connectivity index (χ0) is 8.91. The second-order valence-electron chi connectivity index (χ2n) is 2.72. The molecule has 0 fully saturated rings. The molecular weight excluding hydrogens is 138 g/mol. The zero-order valence-electron chi connectivity index (χ0n) is 6.88. The quantitative estimate of drug-likeness (QED) is 0.473. The first-order chi connectivity index (χ1) is 4.99. The highest BCUT2D eigenvalue weighted by molar-refractivity contribution is 5.22. The van der Waals surface area contributed by atoms with Gasteiger partial charge in [0.05, 0.1) is 0 Å². The van der Waals surface area contributed by atoms with Crippen molar-refractivity contribution in [1.82, 2.24) is 0 Å². The fourth-order valence-electron chi connectivity index (χ4n) is 0.764. The lowest BCUT2D eigenvalue weighted by atomic mass is 10.1. The molecule has 0 aliphatic rings. The van der Waals surface area contributed by atoms with Crippen LogP contribution in [-0.2, 0) is 0 Å². The van der Waals surface area contributed by atoms with Crippen LogP contribution in [0.25, 0.3) is 0 Å². The van der Waals surface area contributed by atoms with E-state index in [0.717, 1.165) is 5.57 Å². The van der Waals surface area contributed by atoms with Gasteiger partial charge in [0.1, 0.15) is 5.72 Å². The van der Waals surface area contributed by atoms with Gasteiger partial charge in [-0.1, -0.05) is 31.4 Å². The summed E-state index contributed by atoms with van der Waals surface area (Å²) in [6.07, 6.45) is 5.46. The maximum absolute atomic E-state index is 9.20. The van der Waals surface area contributed by atoms with Gasteiger partial charge in [-0.25, -0.2) is 0 Å². The minimum absolute atomic E-state index is 0.391. The van der Waals surface area contributed by atoms with Crippen molar-refractivity contribution in [2.45, 2.75) is 19.1 Å². The molecule has 2 heteroatoms. The van der Waals surface area contributed by atoms with E-state index in [2.05, 4.69) is 13.2 Å². The molecule has 1 atom stereocenters. The molecule has 0 aromatic rings. The van der Waals surface area contributed by atoms with Crippen LogP contribution in [0.2, 0.25) is 0 Å². The van der Waals surface area contributed by atoms with E-state index in [9.17, 15) is 5.11 Å². The molecule has 0 aliphatic heterocycles. The van der Waals surface area contributed by atoms with Crippen LogP contribution in [0.4, 0.5) is 0 Å². The van der Waals surface area contributed by atoms with Crippen molar-refractivity contribution in [3.05, 3.63) is 37.0 Å². The van der Waals surface area contributed by atoms with Crippen molar-refractivity contribution >= 4 is 0 Å². The van der Waals surface area contributed by atoms with Gasteiger partial charge in [0.15, 0.2) is 0 Å². The summed E-state index contributed by atoms with van der Waals surface area (Å²) in [5, 5.41) is 9.20. The van der Waals surface area contributed by atoms with E-state index in [1.165, 1.54) is 0 Å². The van der Waals surface area contributed by atoms with Gasteiger partial charge >= 0.3 is 0 Å². The topological polar surface area (TPSA) is 46.2 Å². The summed E-state index contributed by atoms with van der Waals surface area (Å²) in [5.74, 6) is 0. The molecule has 0 saturated carbocycles. The minimum atomic E-state index is -1.16. The number of hydrogen-bond acceptors (Lipinski definition) is 2. The van der Waals surface area contributed by atoms with E-state index in [0.29, 0.717) is 6.42 Å². The standard InChI is InChI=1S/C9H15NO/c1-4-6-8(5-2)7-9(3,10)11/h4-6,11H,1-2,7,10H2,3H3/b8-6+. The van der Waals surface area contributed by atoms with Gasteiger partial charge in [0.25, 0.3) is 0 Å². The number of rotatable bonds is 4. The van der Waals surface area contributed by atoms with Gasteiger partial charge in [0, 0.05) is 6.42 Å². The van der Waals surface area contributed by atoms with E-state index in [4.69, 9.17) is 5.73 Å². The molecule has 0 saturated heterocycles. The lowest BCUT2D eigenvalue weighted by Gasteiger charge is -2.16. The summed E-state index contributed by atoms with van der Waals surface area (Å²) < 4.78 is 0. The third kappa shape index (κ3) is 5.58. The molecule has 2 nitrogen and oxygen atoms in total. The Balaban J connectivity index is 4.20. The molecule has 3 N–H and O–H groups in total. The Labute approximate surface area is 67.7 Å². The van der Waals surface area contributed by atoms with E-state index < -0.39 is 5.72 Å². The Hall–Kier alpha value is -0.860. The van der Waals surface area contributed by atoms with E-state index >= 15 is 0 Å². The van der Waals surface area contributed by atoms with Crippen LogP contribution in [0, 0.1) is 0 Å². The molecular formula is C9H15NO. The molecule has 0 spiro atoms. The van der Waals surface area contributed by atoms with Gasteiger partial charge in [-0.3, -0.25) is 0 Å². The molecule has 0 heterocycles. The van der Waals surface area contributed by atoms with Crippen LogP contribution in [0.1, 0.15) is 13.3 Å². The SMILES string of the molecule is C=C/C=C(\C=C)CC(C)(N)O. The highest BCUT2D eigenvalue weighted by atomic mass is 16.3. The first-order valence-corrected chi connectivity index (χ1v) is 3.45. The largest absolute Gasteiger partial charge is 0.376 e. The van der Waals surface area contributed by atoms with Gasteiger partial charge in [-0.15, -0.1) is 0 Å². The van der Waals surface area contributed by atoms with Gasteiger partial charge in [-0.2, -0.15) is 0 Å². The summed E-state index contributed by atoms with van der Waals surface area (Å²) in [5.41, 5.74) is 5.09. The third-order valence-corrected chi connectivity index (χ3v) is 1.16. The summed E-state index contributed by atoms with van der Waals surface area (Å²) >= 11 is 0. The van der Waals surface area contributed by atoms with Crippen LogP contribution in [0.5, 0.6) is 0 Å². The fourth-order valence-corrected chi connectivity index (χ4v) is 0.764. The third-order valence-electron chi connectivity index (χ3n) is 1.16. The molecule has 0 aromatic carbocycles. The van der Waals surface area contributed by atoms with Crippen LogP contribution in [-0.4, -0.2) is 10.8 Å². The first kappa shape index (κ1) is 10.1. The van der Waals surface area contributed by atoms with Crippen LogP contribution >= 0.6 is 0 Å². The van der Waals surface area contributed by atoms with Gasteiger partial charge < -0.3 is 10.8 Å². The Morgan fingerprint density at radius 3 is 2.45 bits per heavy atom. The summed E-state index contributed by atoms with van der Waals surface area (Å²) in [4.78, 5) is 0. The zero-order valence-corrected chi connectivity index (χ0v) is 6.88. The minimum Gasteiger partial charge on any atom is -0.376 e. The smallest absolute Gasteiger partial charge is 0.114 e. The number of allylic oxidation sites excluding steroid dienone is 3. The van der Waals surface area contributed by atoms with Crippen LogP contribution < -0.4 is 5.73 Å². The van der Waals surface area contributed by atoms with Crippen molar-refractivity contribution < 1.29 is 5.11 Å². The number of aliphatic hydroxyl groups is 1. The van der Waals surface area contributed by atoms with Gasteiger partial charge in [0.2, 0.25) is 0 Å². The maximum atomic E-state index is 9.20. The van der Waals surface area contributed by atoms with Crippen molar-refractivity contribution in [3.63, 3.8) is 0 Å². The monoisotopic (exact) mass is 153 g/mol. The highest BCUT2D eigenvalue weighted by Crippen LogP contribution is 2.11. The first-order valence-electron chi connectivity index (χ1n) is 3.45. The van der Waals surface area contributed by atoms with E-state index in [1.807, 2.05) is 0 Å². The molecule has 0 aliphatic carbocycles. The van der Waals surface area contributed by atoms with Crippen molar-refractivity contribution in [2.24, 2.45) is 5.73 Å². The van der Waals surface area contributed by atoms with Crippen molar-refractivity contribution in [2.75, 3.05) is 0 Å². The Bertz CT molecular complexity index is 174. The fraction of sp³-hybridized carbons (Fsp3) is 0.333. The predicted octanol–water partition coefficient (Wildman–Crippen LogP) is 1.34. The normalized spacial score (nSPS) is 17.2. The van der Waals surface area contributed by atoms with Crippen LogP contribution in [0.15, 0.2) is 37.0 Å². The second kappa shape index (κ2) is 4.11. The second-order valence-corrected chi connectivity index (χ2v) is 2.72. The van der Waals surface area contributed by atoms with Gasteiger partial charge in [-0.05, 0) is 12.5 Å². The van der Waals surface area contributed by atoms with Crippen molar-refractivity contribution in [1.29, 1.82) is 0 Å². The average molecular weight is 153 g/mol. The summed E-state index contributed by atoms with van der Waals surface area (Å²) in [7, 11) is 0. The lowest BCUT2D eigenvalue weighted by Crippen LogP contribution is -2.35. The molecule has 0 aromatic heterocycles. The molecule has 0 rings (SSSR count). The summed E-state index contributed by atoms with van der Waals surface area (Å²) in [6.45, 7) is 8.66. The molecule has 0 bridgehead atoms. The Morgan fingerprint density at radius 1 is 1.64 bits per heavy atom. The molecule has 11 heavy (non-hydrogen) atoms. The average Bonchev–Trinajstić information content (AvgIpc) is 1.84. The molecule has 0 amide bonds. The molecule has 1 unspecified atom stereocenters. The molecule has 62 valence electrons. The van der Waals surface area contributed by atoms with Crippen LogP contribution in [0.3, 0.4) is 0 Å². The van der Waals surface area contributed by atoms with E-state index in [-0.39, 0.29) is 0 Å². The molecule has 0 radical (unpaired) electrons. The predicted molar refractivity (Wildman–Crippen MR) is 47.9 cm³/mol. The van der Waals surface area contributed by atoms with E-state index in [1.54, 1.807) is 25.2 Å². The number of hydrogen-bond donors (Lipinski definition) is 2.